The van der Waals surface area contributed by atoms with Crippen LogP contribution < -0.4 is 0 Å². The lowest BCUT2D eigenvalue weighted by Gasteiger charge is -2.17. The molecule has 1 aliphatic rings. The third-order valence-electron chi connectivity index (χ3n) is 3.10. The second kappa shape index (κ2) is 5.52. The predicted octanol–water partition coefficient (Wildman–Crippen LogP) is 2.17. The third-order valence-corrected chi connectivity index (χ3v) is 3.10. The van der Waals surface area contributed by atoms with Crippen LogP contribution in [0.15, 0.2) is 0 Å². The number of hydrogen-bond acceptors (Lipinski definition) is 4. The number of hydrogen-bond donors (Lipinski definition) is 0. The molecule has 0 aromatic heterocycles. The van der Waals surface area contributed by atoms with Crippen molar-refractivity contribution in [2.45, 2.75) is 40.5 Å². The summed E-state index contributed by atoms with van der Waals surface area (Å²) in [7, 11) is 0. The minimum absolute atomic E-state index is 0.244. The van der Waals surface area contributed by atoms with E-state index in [0.29, 0.717) is 32.0 Å². The van der Waals surface area contributed by atoms with Crippen LogP contribution in [0.4, 0.5) is 0 Å². The Bertz CT molecular complexity index is 298. The van der Waals surface area contributed by atoms with E-state index in [0.717, 1.165) is 0 Å². The molecule has 0 bridgehead atoms. The molecule has 2 atom stereocenters. The van der Waals surface area contributed by atoms with Crippen molar-refractivity contribution in [3.8, 4) is 0 Å². The maximum atomic E-state index is 12.0. The van der Waals surface area contributed by atoms with Crippen molar-refractivity contribution in [3.05, 3.63) is 0 Å². The van der Waals surface area contributed by atoms with Gasteiger partial charge in [-0.2, -0.15) is 0 Å². The highest BCUT2D eigenvalue weighted by Crippen LogP contribution is 2.58. The van der Waals surface area contributed by atoms with Crippen LogP contribution in [0, 0.1) is 17.3 Å². The zero-order valence-electron chi connectivity index (χ0n) is 11.1. The Morgan fingerprint density at radius 3 is 2.29 bits per heavy atom. The maximum absolute atomic E-state index is 12.0. The molecule has 1 aliphatic carbocycles. The second-order valence-corrected chi connectivity index (χ2v) is 4.98. The average molecular weight is 242 g/mol. The van der Waals surface area contributed by atoms with Gasteiger partial charge in [0.1, 0.15) is 0 Å². The number of esters is 2. The molecule has 2 unspecified atom stereocenters. The van der Waals surface area contributed by atoms with Gasteiger partial charge in [-0.25, -0.2) is 0 Å². The Hall–Kier alpha value is -1.06. The van der Waals surface area contributed by atoms with Crippen molar-refractivity contribution in [2.24, 2.45) is 17.3 Å². The Labute approximate surface area is 103 Å². The predicted molar refractivity (Wildman–Crippen MR) is 63.3 cm³/mol. The van der Waals surface area contributed by atoms with E-state index in [2.05, 4.69) is 0 Å². The van der Waals surface area contributed by atoms with E-state index < -0.39 is 5.41 Å². The lowest BCUT2D eigenvalue weighted by atomic mass is 9.92. The first kappa shape index (κ1) is 14.0. The monoisotopic (exact) mass is 242 g/mol. The van der Waals surface area contributed by atoms with Crippen LogP contribution >= 0.6 is 0 Å². The fraction of sp³-hybridized carbons (Fsp3) is 0.846. The van der Waals surface area contributed by atoms with Gasteiger partial charge in [-0.3, -0.25) is 9.59 Å². The lowest BCUT2D eigenvalue weighted by molar-refractivity contribution is -0.156. The molecular weight excluding hydrogens is 220 g/mol. The summed E-state index contributed by atoms with van der Waals surface area (Å²) in [5.41, 5.74) is -0.615. The molecule has 1 rings (SSSR count). The fourth-order valence-electron chi connectivity index (χ4n) is 2.39. The van der Waals surface area contributed by atoms with Crippen molar-refractivity contribution >= 4 is 11.9 Å². The van der Waals surface area contributed by atoms with Crippen LogP contribution in [0.5, 0.6) is 0 Å². The highest BCUT2D eigenvalue weighted by molar-refractivity contribution is 5.91. The van der Waals surface area contributed by atoms with Crippen molar-refractivity contribution in [1.82, 2.24) is 0 Å². The average Bonchev–Trinajstić information content (AvgIpc) is 2.93. The SMILES string of the molecule is CCOC(=O)C1CC1(CC(C)C)C(=O)OCC. The molecule has 0 aromatic rings. The van der Waals surface area contributed by atoms with Gasteiger partial charge in [-0.05, 0) is 32.6 Å². The Morgan fingerprint density at radius 2 is 1.82 bits per heavy atom. The Kier molecular flexibility index (Phi) is 4.54. The molecule has 1 fully saturated rings. The van der Waals surface area contributed by atoms with Gasteiger partial charge in [0.25, 0.3) is 0 Å². The summed E-state index contributed by atoms with van der Waals surface area (Å²) >= 11 is 0. The third kappa shape index (κ3) is 2.99. The summed E-state index contributed by atoms with van der Waals surface area (Å²) < 4.78 is 10.1. The van der Waals surface area contributed by atoms with Gasteiger partial charge in [0.05, 0.1) is 24.5 Å². The van der Waals surface area contributed by atoms with Gasteiger partial charge < -0.3 is 9.47 Å². The molecule has 0 saturated heterocycles. The van der Waals surface area contributed by atoms with Crippen LogP contribution in [0.3, 0.4) is 0 Å². The summed E-state index contributed by atoms with van der Waals surface area (Å²) in [5.74, 6) is -0.448. The first-order valence-corrected chi connectivity index (χ1v) is 6.31. The molecule has 0 amide bonds. The summed E-state index contributed by atoms with van der Waals surface area (Å²) in [5, 5.41) is 0. The number of carbonyl (C=O) groups is 2. The normalized spacial score (nSPS) is 26.8. The zero-order valence-corrected chi connectivity index (χ0v) is 11.1. The minimum Gasteiger partial charge on any atom is -0.466 e. The first-order chi connectivity index (χ1) is 7.97. The summed E-state index contributed by atoms with van der Waals surface area (Å²) in [6.45, 7) is 8.35. The number of ether oxygens (including phenoxy) is 2. The smallest absolute Gasteiger partial charge is 0.312 e. The molecular formula is C13H22O4. The van der Waals surface area contributed by atoms with E-state index in [9.17, 15) is 9.59 Å². The minimum atomic E-state index is -0.615. The fourth-order valence-corrected chi connectivity index (χ4v) is 2.39. The number of carbonyl (C=O) groups excluding carboxylic acids is 2. The molecule has 0 aliphatic heterocycles. The van der Waals surface area contributed by atoms with Crippen LogP contribution in [-0.4, -0.2) is 25.2 Å². The largest absolute Gasteiger partial charge is 0.466 e. The Morgan fingerprint density at radius 1 is 1.24 bits per heavy atom. The molecule has 4 nitrogen and oxygen atoms in total. The zero-order chi connectivity index (χ0) is 13.1. The number of rotatable bonds is 6. The maximum Gasteiger partial charge on any atom is 0.312 e. The van der Waals surface area contributed by atoms with Crippen LogP contribution in [0.1, 0.15) is 40.5 Å². The molecule has 0 radical (unpaired) electrons. The summed E-state index contributed by atoms with van der Waals surface area (Å²) in [6, 6.07) is 0. The molecule has 0 heterocycles. The highest BCUT2D eigenvalue weighted by Gasteiger charge is 2.65. The van der Waals surface area contributed by atoms with Gasteiger partial charge in [0.2, 0.25) is 0 Å². The molecule has 4 heteroatoms. The molecule has 1 saturated carbocycles. The standard InChI is InChI=1S/C13H22O4/c1-5-16-11(14)10-8-13(10,7-9(3)4)12(15)17-6-2/h9-10H,5-8H2,1-4H3. The topological polar surface area (TPSA) is 52.6 Å². The summed E-state index contributed by atoms with van der Waals surface area (Å²) in [6.07, 6.45) is 1.26. The van der Waals surface area contributed by atoms with E-state index in [4.69, 9.17) is 9.47 Å². The molecule has 17 heavy (non-hydrogen) atoms. The van der Waals surface area contributed by atoms with E-state index in [1.807, 2.05) is 13.8 Å². The molecule has 0 spiro atoms. The van der Waals surface area contributed by atoms with Gasteiger partial charge in [0, 0.05) is 0 Å². The van der Waals surface area contributed by atoms with Crippen molar-refractivity contribution in [3.63, 3.8) is 0 Å². The first-order valence-electron chi connectivity index (χ1n) is 6.31. The van der Waals surface area contributed by atoms with Gasteiger partial charge in [-0.15, -0.1) is 0 Å². The van der Waals surface area contributed by atoms with E-state index in [-0.39, 0.29) is 17.9 Å². The Balaban J connectivity index is 2.71. The lowest BCUT2D eigenvalue weighted by Crippen LogP contribution is -2.26. The van der Waals surface area contributed by atoms with Crippen molar-refractivity contribution in [2.75, 3.05) is 13.2 Å². The van der Waals surface area contributed by atoms with Crippen LogP contribution in [-0.2, 0) is 19.1 Å². The van der Waals surface area contributed by atoms with Crippen LogP contribution in [0.25, 0.3) is 0 Å². The van der Waals surface area contributed by atoms with Crippen molar-refractivity contribution < 1.29 is 19.1 Å². The molecule has 0 aromatic carbocycles. The summed E-state index contributed by atoms with van der Waals surface area (Å²) in [4.78, 5) is 23.6. The molecule has 0 N–H and O–H groups in total. The van der Waals surface area contributed by atoms with E-state index >= 15 is 0 Å². The van der Waals surface area contributed by atoms with Crippen LogP contribution in [0.2, 0.25) is 0 Å². The van der Waals surface area contributed by atoms with Gasteiger partial charge >= 0.3 is 11.9 Å². The molecule has 98 valence electrons. The van der Waals surface area contributed by atoms with Gasteiger partial charge in [-0.1, -0.05) is 13.8 Å². The quantitative estimate of drug-likeness (QED) is 0.670. The second-order valence-electron chi connectivity index (χ2n) is 4.98. The van der Waals surface area contributed by atoms with Crippen molar-refractivity contribution in [1.29, 1.82) is 0 Å². The van der Waals surface area contributed by atoms with E-state index in [1.54, 1.807) is 13.8 Å². The highest BCUT2D eigenvalue weighted by atomic mass is 16.5. The van der Waals surface area contributed by atoms with Gasteiger partial charge in [0.15, 0.2) is 0 Å². The van der Waals surface area contributed by atoms with E-state index in [1.165, 1.54) is 0 Å².